The summed E-state index contributed by atoms with van der Waals surface area (Å²) in [4.78, 5) is 22.4. The molecule has 1 aromatic heterocycles. The van der Waals surface area contributed by atoms with Crippen molar-refractivity contribution in [3.8, 4) is 0 Å². The lowest BCUT2D eigenvalue weighted by Crippen LogP contribution is -2.41. The number of hydrogen-bond donors (Lipinski definition) is 1. The van der Waals surface area contributed by atoms with Gasteiger partial charge in [-0.2, -0.15) is 0 Å². The molecule has 0 unspecified atom stereocenters. The second-order valence-electron chi connectivity index (χ2n) is 5.32. The van der Waals surface area contributed by atoms with Crippen molar-refractivity contribution in [3.05, 3.63) is 18.1 Å². The SMILES string of the molecule is O=C(c1cc(NC2CCCC2)ncn1)N1CCOCC1. The van der Waals surface area contributed by atoms with Gasteiger partial charge in [-0.15, -0.1) is 0 Å². The topological polar surface area (TPSA) is 67.4 Å². The first-order valence-electron chi connectivity index (χ1n) is 7.28. The average Bonchev–Trinajstić information content (AvgIpc) is 3.01. The van der Waals surface area contributed by atoms with Crippen LogP contribution in [0.3, 0.4) is 0 Å². The van der Waals surface area contributed by atoms with E-state index in [9.17, 15) is 4.79 Å². The Hall–Kier alpha value is -1.69. The van der Waals surface area contributed by atoms with Crippen LogP contribution in [0.2, 0.25) is 0 Å². The first-order valence-corrected chi connectivity index (χ1v) is 7.28. The van der Waals surface area contributed by atoms with Gasteiger partial charge < -0.3 is 15.0 Å². The van der Waals surface area contributed by atoms with E-state index in [1.807, 2.05) is 0 Å². The number of carbonyl (C=O) groups excluding carboxylic acids is 1. The minimum absolute atomic E-state index is 0.0369. The number of carbonyl (C=O) groups is 1. The molecule has 0 aromatic carbocycles. The maximum Gasteiger partial charge on any atom is 0.272 e. The molecule has 6 heteroatoms. The van der Waals surface area contributed by atoms with E-state index < -0.39 is 0 Å². The maximum absolute atomic E-state index is 12.3. The summed E-state index contributed by atoms with van der Waals surface area (Å²) in [6, 6.07) is 2.24. The van der Waals surface area contributed by atoms with Crippen LogP contribution in [0.5, 0.6) is 0 Å². The molecule has 1 aliphatic heterocycles. The highest BCUT2D eigenvalue weighted by atomic mass is 16.5. The summed E-state index contributed by atoms with van der Waals surface area (Å²) in [6.07, 6.45) is 6.35. The quantitative estimate of drug-likeness (QED) is 0.901. The number of morpholine rings is 1. The number of aromatic nitrogens is 2. The van der Waals surface area contributed by atoms with Crippen molar-refractivity contribution in [3.63, 3.8) is 0 Å². The van der Waals surface area contributed by atoms with Gasteiger partial charge in [0.2, 0.25) is 0 Å². The van der Waals surface area contributed by atoms with Crippen molar-refractivity contribution in [2.75, 3.05) is 31.6 Å². The highest BCUT2D eigenvalue weighted by Gasteiger charge is 2.21. The molecule has 1 amide bonds. The van der Waals surface area contributed by atoms with Gasteiger partial charge >= 0.3 is 0 Å². The third-order valence-corrected chi connectivity index (χ3v) is 3.89. The van der Waals surface area contributed by atoms with Crippen LogP contribution in [0, 0.1) is 0 Å². The lowest BCUT2D eigenvalue weighted by molar-refractivity contribution is 0.0299. The number of anilines is 1. The van der Waals surface area contributed by atoms with Gasteiger partial charge in [-0.1, -0.05) is 12.8 Å². The standard InChI is InChI=1S/C14H20N4O2/c19-14(18-5-7-20-8-6-18)12-9-13(16-10-15-12)17-11-3-1-2-4-11/h9-11H,1-8H2,(H,15,16,17). The number of amides is 1. The lowest BCUT2D eigenvalue weighted by atomic mass is 10.2. The van der Waals surface area contributed by atoms with Crippen LogP contribution in [0.1, 0.15) is 36.2 Å². The van der Waals surface area contributed by atoms with Crippen LogP contribution in [0.25, 0.3) is 0 Å². The smallest absolute Gasteiger partial charge is 0.272 e. The van der Waals surface area contributed by atoms with Crippen molar-refractivity contribution in [1.29, 1.82) is 0 Å². The number of rotatable bonds is 3. The van der Waals surface area contributed by atoms with E-state index in [0.29, 0.717) is 38.0 Å². The Morgan fingerprint density at radius 2 is 2.00 bits per heavy atom. The van der Waals surface area contributed by atoms with Gasteiger partial charge in [0.15, 0.2) is 0 Å². The van der Waals surface area contributed by atoms with E-state index in [4.69, 9.17) is 4.74 Å². The molecule has 1 aromatic rings. The zero-order valence-electron chi connectivity index (χ0n) is 11.5. The average molecular weight is 276 g/mol. The van der Waals surface area contributed by atoms with E-state index in [1.54, 1.807) is 11.0 Å². The molecule has 0 spiro atoms. The molecular weight excluding hydrogens is 256 g/mol. The lowest BCUT2D eigenvalue weighted by Gasteiger charge is -2.26. The second kappa shape index (κ2) is 6.17. The normalized spacial score (nSPS) is 20.1. The van der Waals surface area contributed by atoms with Crippen molar-refractivity contribution < 1.29 is 9.53 Å². The molecule has 1 saturated heterocycles. The van der Waals surface area contributed by atoms with Gasteiger partial charge in [-0.05, 0) is 12.8 Å². The van der Waals surface area contributed by atoms with Gasteiger partial charge in [0, 0.05) is 25.2 Å². The van der Waals surface area contributed by atoms with E-state index >= 15 is 0 Å². The molecule has 2 heterocycles. The van der Waals surface area contributed by atoms with Crippen LogP contribution >= 0.6 is 0 Å². The summed E-state index contributed by atoms with van der Waals surface area (Å²) in [6.45, 7) is 2.47. The van der Waals surface area contributed by atoms with Crippen LogP contribution in [-0.4, -0.2) is 53.1 Å². The molecule has 1 saturated carbocycles. The van der Waals surface area contributed by atoms with Crippen molar-refractivity contribution in [1.82, 2.24) is 14.9 Å². The summed E-state index contributed by atoms with van der Waals surface area (Å²) in [5.41, 5.74) is 0.461. The summed E-state index contributed by atoms with van der Waals surface area (Å²) >= 11 is 0. The Morgan fingerprint density at radius 3 is 2.75 bits per heavy atom. The molecule has 2 fully saturated rings. The van der Waals surface area contributed by atoms with Gasteiger partial charge in [-0.25, -0.2) is 9.97 Å². The third kappa shape index (κ3) is 3.07. The molecule has 0 radical (unpaired) electrons. The Labute approximate surface area is 118 Å². The van der Waals surface area contributed by atoms with Crippen LogP contribution in [-0.2, 0) is 4.74 Å². The highest BCUT2D eigenvalue weighted by Crippen LogP contribution is 2.21. The van der Waals surface area contributed by atoms with E-state index in [0.717, 1.165) is 5.82 Å². The molecule has 1 aliphatic carbocycles. The number of nitrogens with zero attached hydrogens (tertiary/aromatic N) is 3. The second-order valence-corrected chi connectivity index (χ2v) is 5.32. The first kappa shape index (κ1) is 13.3. The van der Waals surface area contributed by atoms with Gasteiger partial charge in [-0.3, -0.25) is 4.79 Å². The zero-order chi connectivity index (χ0) is 13.8. The van der Waals surface area contributed by atoms with E-state index in [1.165, 1.54) is 32.0 Å². The Kier molecular flexibility index (Phi) is 4.11. The fourth-order valence-corrected chi connectivity index (χ4v) is 2.76. The van der Waals surface area contributed by atoms with Crippen LogP contribution in [0.4, 0.5) is 5.82 Å². The van der Waals surface area contributed by atoms with E-state index in [2.05, 4.69) is 15.3 Å². The van der Waals surface area contributed by atoms with Gasteiger partial charge in [0.25, 0.3) is 5.91 Å². The summed E-state index contributed by atoms with van der Waals surface area (Å²) in [5, 5.41) is 3.39. The predicted octanol–water partition coefficient (Wildman–Crippen LogP) is 1.30. The first-order chi connectivity index (χ1) is 9.83. The molecular formula is C14H20N4O2. The van der Waals surface area contributed by atoms with Gasteiger partial charge in [0.05, 0.1) is 13.2 Å². The fourth-order valence-electron chi connectivity index (χ4n) is 2.76. The third-order valence-electron chi connectivity index (χ3n) is 3.89. The minimum Gasteiger partial charge on any atom is -0.378 e. The summed E-state index contributed by atoms with van der Waals surface area (Å²) in [5.74, 6) is 0.716. The highest BCUT2D eigenvalue weighted by molar-refractivity contribution is 5.92. The molecule has 20 heavy (non-hydrogen) atoms. The zero-order valence-corrected chi connectivity index (χ0v) is 11.5. The number of hydrogen-bond acceptors (Lipinski definition) is 5. The molecule has 2 aliphatic rings. The maximum atomic E-state index is 12.3. The molecule has 6 nitrogen and oxygen atoms in total. The van der Waals surface area contributed by atoms with Crippen LogP contribution < -0.4 is 5.32 Å². The predicted molar refractivity (Wildman–Crippen MR) is 74.6 cm³/mol. The van der Waals surface area contributed by atoms with Gasteiger partial charge in [0.1, 0.15) is 17.8 Å². The molecule has 3 rings (SSSR count). The minimum atomic E-state index is -0.0369. The molecule has 1 N–H and O–H groups in total. The molecule has 0 atom stereocenters. The van der Waals surface area contributed by atoms with E-state index in [-0.39, 0.29) is 5.91 Å². The summed E-state index contributed by atoms with van der Waals surface area (Å²) in [7, 11) is 0. The van der Waals surface area contributed by atoms with Crippen molar-refractivity contribution in [2.24, 2.45) is 0 Å². The van der Waals surface area contributed by atoms with Crippen molar-refractivity contribution >= 4 is 11.7 Å². The summed E-state index contributed by atoms with van der Waals surface area (Å²) < 4.78 is 5.26. The Balaban J connectivity index is 1.67. The Morgan fingerprint density at radius 1 is 1.25 bits per heavy atom. The van der Waals surface area contributed by atoms with Crippen molar-refractivity contribution in [2.45, 2.75) is 31.7 Å². The molecule has 0 bridgehead atoms. The molecule has 108 valence electrons. The van der Waals surface area contributed by atoms with Crippen LogP contribution in [0.15, 0.2) is 12.4 Å². The number of nitrogens with one attached hydrogen (secondary N) is 1. The monoisotopic (exact) mass is 276 g/mol. The fraction of sp³-hybridized carbons (Fsp3) is 0.643. The Bertz CT molecular complexity index is 468. The largest absolute Gasteiger partial charge is 0.378 e. The number of ether oxygens (including phenoxy) is 1.